The van der Waals surface area contributed by atoms with Crippen molar-refractivity contribution in [3.8, 4) is 12.1 Å². The van der Waals surface area contributed by atoms with Crippen LogP contribution in [0.3, 0.4) is 0 Å². The molecule has 1 aromatic rings. The van der Waals surface area contributed by atoms with E-state index in [0.717, 1.165) is 47.6 Å². The summed E-state index contributed by atoms with van der Waals surface area (Å²) < 4.78 is -0.814. The van der Waals surface area contributed by atoms with Crippen molar-refractivity contribution in [3.63, 3.8) is 0 Å². The molecule has 0 unspecified atom stereocenters. The second kappa shape index (κ2) is 7.31. The predicted molar refractivity (Wildman–Crippen MR) is 120 cm³/mol. The molecule has 0 radical (unpaired) electrons. The van der Waals surface area contributed by atoms with E-state index in [9.17, 15) is 10.5 Å². The van der Waals surface area contributed by atoms with Crippen molar-refractivity contribution in [3.05, 3.63) is 47.2 Å². The van der Waals surface area contributed by atoms with Gasteiger partial charge in [0.25, 0.3) is 0 Å². The maximum Gasteiger partial charge on any atom is 0.178 e. The van der Waals surface area contributed by atoms with Gasteiger partial charge in [-0.05, 0) is 41.9 Å². The fourth-order valence-corrected chi connectivity index (χ4v) is 8.53. The maximum atomic E-state index is 10.8. The highest BCUT2D eigenvalue weighted by Crippen LogP contribution is 2.72. The third-order valence-electron chi connectivity index (χ3n) is 6.32. The lowest BCUT2D eigenvalue weighted by Gasteiger charge is -2.52. The van der Waals surface area contributed by atoms with Crippen LogP contribution in [0.5, 0.6) is 0 Å². The second-order valence-corrected chi connectivity index (χ2v) is 10.7. The van der Waals surface area contributed by atoms with Gasteiger partial charge in [-0.1, -0.05) is 44.2 Å². The van der Waals surface area contributed by atoms with Crippen LogP contribution >= 0.6 is 23.5 Å². The molecule has 0 saturated heterocycles. The molecular weight excluding hydrogens is 398 g/mol. The number of nitrogens with zero attached hydrogens (tertiary/aromatic N) is 3. The Morgan fingerprint density at radius 2 is 1.83 bits per heavy atom. The van der Waals surface area contributed by atoms with Crippen molar-refractivity contribution in [2.45, 2.75) is 43.4 Å². The molecule has 29 heavy (non-hydrogen) atoms. The van der Waals surface area contributed by atoms with Crippen molar-refractivity contribution >= 4 is 29.4 Å². The van der Waals surface area contributed by atoms with Crippen LogP contribution in [0, 0.1) is 33.5 Å². The maximum absolute atomic E-state index is 10.8. The minimum atomic E-state index is -1.25. The third kappa shape index (κ3) is 2.38. The molecule has 2 heterocycles. The van der Waals surface area contributed by atoms with Crippen LogP contribution in [0.1, 0.15) is 44.7 Å². The van der Waals surface area contributed by atoms with Gasteiger partial charge in [-0.15, -0.1) is 23.5 Å². The van der Waals surface area contributed by atoms with E-state index in [1.807, 2.05) is 30.3 Å². The number of thioether (sulfide) groups is 2. The van der Waals surface area contributed by atoms with E-state index >= 15 is 0 Å². The zero-order valence-corrected chi connectivity index (χ0v) is 18.4. The van der Waals surface area contributed by atoms with Crippen LogP contribution in [-0.2, 0) is 0 Å². The first-order chi connectivity index (χ1) is 14.1. The summed E-state index contributed by atoms with van der Waals surface area (Å²) in [5.41, 5.74) is 7.39. The Hall–Kier alpha value is -2.09. The van der Waals surface area contributed by atoms with Gasteiger partial charge in [0.1, 0.15) is 5.84 Å². The molecular formula is C22H25N5S2. The number of allylic oxidation sites excluding steroid dienone is 1. The van der Waals surface area contributed by atoms with Gasteiger partial charge in [0.2, 0.25) is 0 Å². The van der Waals surface area contributed by atoms with Gasteiger partial charge in [0.15, 0.2) is 15.0 Å². The molecule has 7 heteroatoms. The number of fused-ring (bicyclic) bond motifs is 2. The molecule has 0 amide bonds. The summed E-state index contributed by atoms with van der Waals surface area (Å²) in [5.74, 6) is 1.87. The van der Waals surface area contributed by atoms with E-state index in [1.54, 1.807) is 23.5 Å². The highest BCUT2D eigenvalue weighted by Gasteiger charge is 2.77. The molecule has 5 nitrogen and oxygen atoms in total. The van der Waals surface area contributed by atoms with Crippen LogP contribution in [-0.4, -0.2) is 21.5 Å². The number of benzene rings is 1. The summed E-state index contributed by atoms with van der Waals surface area (Å²) in [6.07, 6.45) is 2.68. The van der Waals surface area contributed by atoms with Crippen LogP contribution < -0.4 is 11.1 Å². The van der Waals surface area contributed by atoms with Gasteiger partial charge in [-0.3, -0.25) is 0 Å². The van der Waals surface area contributed by atoms with Gasteiger partial charge in [-0.25, -0.2) is 4.99 Å². The first-order valence-corrected chi connectivity index (χ1v) is 12.0. The Bertz CT molecular complexity index is 952. The van der Waals surface area contributed by atoms with Gasteiger partial charge in [-0.2, -0.15) is 10.5 Å². The molecule has 3 N–H and O–H groups in total. The van der Waals surface area contributed by atoms with Crippen molar-refractivity contribution in [1.29, 1.82) is 10.5 Å². The van der Waals surface area contributed by atoms with Crippen molar-refractivity contribution < 1.29 is 0 Å². The van der Waals surface area contributed by atoms with Crippen molar-refractivity contribution in [2.75, 3.05) is 11.5 Å². The molecule has 1 aromatic carbocycles. The number of amidine groups is 1. The molecule has 4 rings (SSSR count). The number of nitrogens with two attached hydrogens (primary N) is 1. The molecule has 0 fully saturated rings. The Balaban J connectivity index is 2.08. The van der Waals surface area contributed by atoms with E-state index < -0.39 is 21.1 Å². The highest BCUT2D eigenvalue weighted by molar-refractivity contribution is 8.18. The lowest BCUT2D eigenvalue weighted by Crippen LogP contribution is -2.61. The molecule has 3 atom stereocenters. The summed E-state index contributed by atoms with van der Waals surface area (Å²) in [7, 11) is 0. The van der Waals surface area contributed by atoms with Crippen LogP contribution in [0.25, 0.3) is 0 Å². The predicted octanol–water partition coefficient (Wildman–Crippen LogP) is 4.32. The molecule has 2 aliphatic heterocycles. The van der Waals surface area contributed by atoms with Gasteiger partial charge in [0.05, 0.1) is 18.2 Å². The van der Waals surface area contributed by atoms with Gasteiger partial charge >= 0.3 is 0 Å². The van der Waals surface area contributed by atoms with Crippen molar-refractivity contribution in [2.24, 2.45) is 21.6 Å². The Morgan fingerprint density at radius 1 is 1.14 bits per heavy atom. The van der Waals surface area contributed by atoms with E-state index in [1.165, 1.54) is 0 Å². The minimum Gasteiger partial charge on any atom is -0.386 e. The largest absolute Gasteiger partial charge is 0.386 e. The summed E-state index contributed by atoms with van der Waals surface area (Å²) >= 11 is 3.29. The number of hydrogen-bond donors (Lipinski definition) is 2. The third-order valence-corrected chi connectivity index (χ3v) is 9.18. The molecule has 1 aliphatic carbocycles. The topological polar surface area (TPSA) is 98.0 Å². The van der Waals surface area contributed by atoms with E-state index in [2.05, 4.69) is 31.3 Å². The van der Waals surface area contributed by atoms with Crippen molar-refractivity contribution in [1.82, 2.24) is 5.32 Å². The van der Waals surface area contributed by atoms with Gasteiger partial charge in [0, 0.05) is 5.70 Å². The van der Waals surface area contributed by atoms with Crippen LogP contribution in [0.15, 0.2) is 46.6 Å². The van der Waals surface area contributed by atoms with Crippen LogP contribution in [0.4, 0.5) is 0 Å². The first kappa shape index (κ1) is 20.2. The lowest BCUT2D eigenvalue weighted by atomic mass is 9.55. The number of nitrogens with one attached hydrogen (secondary N) is 1. The van der Waals surface area contributed by atoms with E-state index in [0.29, 0.717) is 0 Å². The normalized spacial score (nSPS) is 31.9. The summed E-state index contributed by atoms with van der Waals surface area (Å²) in [6, 6.07) is 14.7. The highest BCUT2D eigenvalue weighted by atomic mass is 32.2. The summed E-state index contributed by atoms with van der Waals surface area (Å²) in [5, 5.41) is 25.2. The summed E-state index contributed by atoms with van der Waals surface area (Å²) in [6.45, 7) is 4.15. The fraction of sp³-hybridized carbons (Fsp3) is 0.500. The number of aliphatic imine (C=N–C) groups is 1. The minimum absolute atomic E-state index is 0.281. The molecule has 0 bridgehead atoms. The smallest absolute Gasteiger partial charge is 0.178 e. The molecule has 0 spiro atoms. The zero-order chi connectivity index (χ0) is 20.7. The Morgan fingerprint density at radius 3 is 2.41 bits per heavy atom. The lowest BCUT2D eigenvalue weighted by molar-refractivity contribution is 0.200. The quantitative estimate of drug-likeness (QED) is 0.685. The Kier molecular flexibility index (Phi) is 5.09. The molecule has 3 aliphatic rings. The number of hydrogen-bond acceptors (Lipinski definition) is 7. The van der Waals surface area contributed by atoms with E-state index in [-0.39, 0.29) is 5.84 Å². The fourth-order valence-electron chi connectivity index (χ4n) is 5.29. The van der Waals surface area contributed by atoms with E-state index in [4.69, 9.17) is 10.7 Å². The molecule has 150 valence electrons. The first-order valence-electron chi connectivity index (χ1n) is 10.1. The summed E-state index contributed by atoms with van der Waals surface area (Å²) in [4.78, 5) is 4.97. The average Bonchev–Trinajstić information content (AvgIpc) is 3.28. The standard InChI is InChI=1S/C22H25N5S2/c1-3-28-22(29-4-2)21(14-24)16-11-8-12-17(16)26-18(15-9-6-5-7-10-15)20(21,13-23)19(25)27-22/h5-7,9-10,18,26H,3-4,8,11-12H2,1-2H3,(H2,25,27)/t18-,20-,21-/m1/s1. The van der Waals surface area contributed by atoms with Crippen LogP contribution in [0.2, 0.25) is 0 Å². The average molecular weight is 424 g/mol. The Labute approximate surface area is 180 Å². The molecule has 0 saturated carbocycles. The second-order valence-electron chi connectivity index (χ2n) is 7.53. The number of rotatable bonds is 5. The zero-order valence-electron chi connectivity index (χ0n) is 16.7. The SMILES string of the molecule is CCSC1(SCC)N=C(N)[C@@]2(C#N)[C@@H](c3ccccc3)NC3=C(CCC3)[C@@]12C#N. The van der Waals surface area contributed by atoms with Gasteiger partial charge < -0.3 is 11.1 Å². The molecule has 0 aromatic heterocycles. The monoisotopic (exact) mass is 423 g/mol. The number of nitriles is 2.